The Balaban J connectivity index is 1.61. The highest BCUT2D eigenvalue weighted by Crippen LogP contribution is 2.30. The molecule has 0 aliphatic carbocycles. The number of hydrogen-bond acceptors (Lipinski definition) is 5. The van der Waals surface area contributed by atoms with E-state index in [4.69, 9.17) is 0 Å². The fraction of sp³-hybridized carbons (Fsp3) is 0.400. The van der Waals surface area contributed by atoms with E-state index in [1.54, 1.807) is 24.0 Å². The third kappa shape index (κ3) is 3.20. The van der Waals surface area contributed by atoms with Gasteiger partial charge in [-0.1, -0.05) is 0 Å². The fourth-order valence-electron chi connectivity index (χ4n) is 4.04. The van der Waals surface area contributed by atoms with Gasteiger partial charge in [0.1, 0.15) is 11.0 Å². The van der Waals surface area contributed by atoms with E-state index in [0.29, 0.717) is 22.8 Å². The number of aryl methyl sites for hydroxylation is 1. The predicted molar refractivity (Wildman–Crippen MR) is 105 cm³/mol. The van der Waals surface area contributed by atoms with Gasteiger partial charge in [0.2, 0.25) is 0 Å². The molecule has 0 unspecified atom stereocenters. The number of nitrogens with zero attached hydrogens (tertiary/aromatic N) is 6. The first-order valence-corrected chi connectivity index (χ1v) is 9.84. The predicted octanol–water partition coefficient (Wildman–Crippen LogP) is 3.84. The largest absolute Gasteiger partial charge is 0.314 e. The van der Waals surface area contributed by atoms with Crippen molar-refractivity contribution in [1.29, 1.82) is 0 Å². The van der Waals surface area contributed by atoms with Crippen molar-refractivity contribution in [3.8, 4) is 11.3 Å². The molecule has 1 aliphatic rings. The molecule has 0 bridgehead atoms. The zero-order valence-corrected chi connectivity index (χ0v) is 16.5. The van der Waals surface area contributed by atoms with Crippen LogP contribution in [0.15, 0.2) is 24.4 Å². The van der Waals surface area contributed by atoms with Crippen LogP contribution in [0.4, 0.5) is 13.2 Å². The maximum atomic E-state index is 14.8. The molecule has 0 saturated carbocycles. The summed E-state index contributed by atoms with van der Waals surface area (Å²) in [6.45, 7) is 4.64. The first-order valence-electron chi connectivity index (χ1n) is 9.84. The van der Waals surface area contributed by atoms with Crippen LogP contribution in [-0.2, 0) is 0 Å². The summed E-state index contributed by atoms with van der Waals surface area (Å²) in [7, 11) is 0. The van der Waals surface area contributed by atoms with Gasteiger partial charge in [-0.25, -0.2) is 22.7 Å². The summed E-state index contributed by atoms with van der Waals surface area (Å²) in [5.41, 5.74) is 1.54. The van der Waals surface area contributed by atoms with Crippen LogP contribution in [0.1, 0.15) is 43.5 Å². The number of alkyl halides is 2. The van der Waals surface area contributed by atoms with E-state index in [0.717, 1.165) is 19.4 Å². The molecule has 3 aromatic heterocycles. The normalized spacial score (nSPS) is 19.9. The van der Waals surface area contributed by atoms with E-state index in [-0.39, 0.29) is 28.5 Å². The summed E-state index contributed by atoms with van der Waals surface area (Å²) in [6, 6.07) is 4.58. The second-order valence-electron chi connectivity index (χ2n) is 7.82. The summed E-state index contributed by atoms with van der Waals surface area (Å²) in [5, 5.41) is 16.6. The van der Waals surface area contributed by atoms with Crippen LogP contribution in [0.3, 0.4) is 0 Å². The van der Waals surface area contributed by atoms with Crippen LogP contribution in [0.2, 0.25) is 0 Å². The van der Waals surface area contributed by atoms with Crippen molar-refractivity contribution in [2.75, 3.05) is 6.54 Å². The molecule has 0 spiro atoms. The Kier molecular flexibility index (Phi) is 4.46. The standard InChI is InChI=1S/C20H20F3N7/c1-10-5-13(3-4-24-10)30-27-17-7-12(6-15(21)18(17)28-30)16-8-14(19(22)23)20-25-11(2)9-29(20)26-16/h6-10,13,19,24H,3-5H2,1-2H3/t10-,13+/m0/s1. The minimum Gasteiger partial charge on any atom is -0.314 e. The van der Waals surface area contributed by atoms with Gasteiger partial charge in [-0.2, -0.15) is 15.0 Å². The smallest absolute Gasteiger partial charge is 0.267 e. The molecule has 1 saturated heterocycles. The number of aromatic nitrogens is 6. The number of halogens is 3. The van der Waals surface area contributed by atoms with Crippen molar-refractivity contribution < 1.29 is 13.2 Å². The summed E-state index contributed by atoms with van der Waals surface area (Å²) in [4.78, 5) is 5.69. The van der Waals surface area contributed by atoms with Crippen LogP contribution < -0.4 is 5.32 Å². The molecule has 0 amide bonds. The summed E-state index contributed by atoms with van der Waals surface area (Å²) in [6.07, 6.45) is 0.544. The number of imidazole rings is 1. The molecule has 30 heavy (non-hydrogen) atoms. The topological polar surface area (TPSA) is 72.9 Å². The number of benzene rings is 1. The maximum Gasteiger partial charge on any atom is 0.267 e. The minimum absolute atomic E-state index is 0.0883. The van der Waals surface area contributed by atoms with Crippen molar-refractivity contribution in [2.24, 2.45) is 0 Å². The molecule has 2 atom stereocenters. The quantitative estimate of drug-likeness (QED) is 0.551. The molecule has 1 aromatic carbocycles. The summed E-state index contributed by atoms with van der Waals surface area (Å²) >= 11 is 0. The number of hydrogen-bond donors (Lipinski definition) is 1. The van der Waals surface area contributed by atoms with Gasteiger partial charge >= 0.3 is 0 Å². The Hall–Kier alpha value is -3.01. The lowest BCUT2D eigenvalue weighted by Crippen LogP contribution is -2.37. The number of fused-ring (bicyclic) bond motifs is 2. The summed E-state index contributed by atoms with van der Waals surface area (Å²) in [5.74, 6) is -0.557. The molecular formula is C20H20F3N7. The molecule has 5 rings (SSSR count). The van der Waals surface area contributed by atoms with E-state index in [9.17, 15) is 13.2 Å². The average Bonchev–Trinajstić information content (AvgIpc) is 3.29. The molecule has 1 fully saturated rings. The van der Waals surface area contributed by atoms with Gasteiger partial charge in [0.05, 0.1) is 29.2 Å². The Morgan fingerprint density at radius 3 is 2.77 bits per heavy atom. The molecular weight excluding hydrogens is 395 g/mol. The average molecular weight is 415 g/mol. The van der Waals surface area contributed by atoms with Gasteiger partial charge in [0.15, 0.2) is 11.5 Å². The first kappa shape index (κ1) is 19.0. The highest BCUT2D eigenvalue weighted by molar-refractivity contribution is 5.81. The van der Waals surface area contributed by atoms with Crippen molar-refractivity contribution >= 4 is 16.7 Å². The van der Waals surface area contributed by atoms with Crippen molar-refractivity contribution in [2.45, 2.75) is 45.2 Å². The number of rotatable bonds is 3. The molecule has 0 radical (unpaired) electrons. The lowest BCUT2D eigenvalue weighted by molar-refractivity contribution is 0.152. The van der Waals surface area contributed by atoms with Gasteiger partial charge in [0.25, 0.3) is 6.43 Å². The van der Waals surface area contributed by atoms with Gasteiger partial charge < -0.3 is 5.32 Å². The van der Waals surface area contributed by atoms with Crippen LogP contribution in [0, 0.1) is 12.7 Å². The van der Waals surface area contributed by atoms with E-state index in [1.165, 1.54) is 16.6 Å². The van der Waals surface area contributed by atoms with Crippen LogP contribution in [0.5, 0.6) is 0 Å². The second-order valence-corrected chi connectivity index (χ2v) is 7.82. The van der Waals surface area contributed by atoms with E-state index in [2.05, 4.69) is 32.5 Å². The first-order chi connectivity index (χ1) is 14.4. The zero-order chi connectivity index (χ0) is 21.0. The lowest BCUT2D eigenvalue weighted by Gasteiger charge is -2.27. The fourth-order valence-corrected chi connectivity index (χ4v) is 4.04. The molecule has 4 heterocycles. The Bertz CT molecular complexity index is 1250. The molecule has 4 aromatic rings. The number of piperidine rings is 1. The van der Waals surface area contributed by atoms with Gasteiger partial charge in [-0.3, -0.25) is 0 Å². The SMILES string of the molecule is Cc1cn2nc(-c3cc(F)c4nn([C@@H]5CCN[C@@H](C)C5)nc4c3)cc(C(F)F)c2n1. The van der Waals surface area contributed by atoms with Gasteiger partial charge in [0, 0.05) is 11.6 Å². The molecule has 1 aliphatic heterocycles. The Morgan fingerprint density at radius 1 is 1.17 bits per heavy atom. The van der Waals surface area contributed by atoms with Crippen LogP contribution >= 0.6 is 0 Å². The van der Waals surface area contributed by atoms with E-state index < -0.39 is 12.2 Å². The van der Waals surface area contributed by atoms with Gasteiger partial charge in [-0.15, -0.1) is 5.10 Å². The van der Waals surface area contributed by atoms with Crippen molar-refractivity contribution in [3.63, 3.8) is 0 Å². The van der Waals surface area contributed by atoms with Crippen LogP contribution in [0.25, 0.3) is 27.9 Å². The van der Waals surface area contributed by atoms with Crippen molar-refractivity contribution in [3.05, 3.63) is 41.5 Å². The highest BCUT2D eigenvalue weighted by atomic mass is 19.3. The third-order valence-electron chi connectivity index (χ3n) is 5.48. The monoisotopic (exact) mass is 415 g/mol. The Labute approximate surface area is 169 Å². The summed E-state index contributed by atoms with van der Waals surface area (Å²) < 4.78 is 43.3. The molecule has 7 nitrogen and oxygen atoms in total. The Morgan fingerprint density at radius 2 is 2.00 bits per heavy atom. The lowest BCUT2D eigenvalue weighted by atomic mass is 10.0. The van der Waals surface area contributed by atoms with Crippen LogP contribution in [-0.4, -0.2) is 42.2 Å². The maximum absolute atomic E-state index is 14.8. The molecule has 156 valence electrons. The molecule has 10 heteroatoms. The van der Waals surface area contributed by atoms with E-state index >= 15 is 0 Å². The zero-order valence-electron chi connectivity index (χ0n) is 16.5. The second kappa shape index (κ2) is 7.05. The van der Waals surface area contributed by atoms with Gasteiger partial charge in [-0.05, 0) is 51.4 Å². The van der Waals surface area contributed by atoms with E-state index in [1.807, 2.05) is 0 Å². The third-order valence-corrected chi connectivity index (χ3v) is 5.48. The minimum atomic E-state index is -2.73. The highest BCUT2D eigenvalue weighted by Gasteiger charge is 2.23. The number of nitrogens with one attached hydrogen (secondary N) is 1. The molecule has 1 N–H and O–H groups in total. The van der Waals surface area contributed by atoms with Crippen molar-refractivity contribution in [1.82, 2.24) is 34.9 Å².